The minimum atomic E-state index is 0.0500. The molecule has 4 heteroatoms. The molecule has 0 radical (unpaired) electrons. The number of hydrogen-bond acceptors (Lipinski definition) is 2. The molecule has 0 aromatic heterocycles. The van der Waals surface area contributed by atoms with E-state index in [9.17, 15) is 4.79 Å². The van der Waals surface area contributed by atoms with Crippen molar-refractivity contribution in [2.45, 2.75) is 26.8 Å². The highest BCUT2D eigenvalue weighted by molar-refractivity contribution is 5.79. The van der Waals surface area contributed by atoms with E-state index in [1.807, 2.05) is 13.8 Å². The van der Waals surface area contributed by atoms with Crippen LogP contribution in [0.15, 0.2) is 24.3 Å². The van der Waals surface area contributed by atoms with Gasteiger partial charge in [0.2, 0.25) is 0 Å². The first kappa shape index (κ1) is 14.9. The van der Waals surface area contributed by atoms with Gasteiger partial charge in [-0.25, -0.2) is 0 Å². The third kappa shape index (κ3) is 3.31. The lowest BCUT2D eigenvalue weighted by molar-refractivity contribution is -0.914. The molecule has 1 aromatic rings. The predicted molar refractivity (Wildman–Crippen MR) is 82.2 cm³/mol. The normalized spacial score (nSPS) is 17.9. The van der Waals surface area contributed by atoms with Crippen LogP contribution in [0.4, 0.5) is 5.69 Å². The van der Waals surface area contributed by atoms with Crippen LogP contribution in [0.1, 0.15) is 19.4 Å². The number of benzene rings is 1. The van der Waals surface area contributed by atoms with E-state index in [0.717, 1.165) is 26.2 Å². The Morgan fingerprint density at radius 3 is 2.60 bits per heavy atom. The van der Waals surface area contributed by atoms with Crippen molar-refractivity contribution < 1.29 is 9.69 Å². The summed E-state index contributed by atoms with van der Waals surface area (Å²) in [5.41, 5.74) is 2.66. The molecule has 1 aromatic carbocycles. The van der Waals surface area contributed by atoms with Gasteiger partial charge in [-0.1, -0.05) is 18.2 Å². The maximum atomic E-state index is 11.9. The maximum Gasteiger partial charge on any atom is 0.278 e. The van der Waals surface area contributed by atoms with Gasteiger partial charge in [-0.3, -0.25) is 4.79 Å². The Morgan fingerprint density at radius 2 is 2.00 bits per heavy atom. The van der Waals surface area contributed by atoms with Gasteiger partial charge in [0.05, 0.1) is 26.2 Å². The lowest BCUT2D eigenvalue weighted by Gasteiger charge is -2.36. The van der Waals surface area contributed by atoms with E-state index in [1.54, 1.807) is 0 Å². The number of carbonyl (C=O) groups is 1. The number of likely N-dealkylation sites (N-methyl/N-ethyl adjacent to an activating group) is 1. The highest BCUT2D eigenvalue weighted by atomic mass is 16.2. The van der Waals surface area contributed by atoms with Gasteiger partial charge < -0.3 is 15.1 Å². The third-order valence-electron chi connectivity index (χ3n) is 4.22. The number of anilines is 1. The van der Waals surface area contributed by atoms with Crippen molar-refractivity contribution in [1.82, 2.24) is 5.32 Å². The lowest BCUT2D eigenvalue weighted by atomic mass is 10.1. The van der Waals surface area contributed by atoms with Crippen molar-refractivity contribution in [3.63, 3.8) is 0 Å². The number of aryl methyl sites for hydroxylation is 1. The molecule has 0 unspecified atom stereocenters. The topological polar surface area (TPSA) is 36.8 Å². The van der Waals surface area contributed by atoms with Crippen LogP contribution in [0, 0.1) is 6.92 Å². The quantitative estimate of drug-likeness (QED) is 0.826. The zero-order valence-corrected chi connectivity index (χ0v) is 12.8. The summed E-state index contributed by atoms with van der Waals surface area (Å²) in [5, 5.41) is 2.92. The van der Waals surface area contributed by atoms with Crippen LogP contribution in [0.3, 0.4) is 0 Å². The van der Waals surface area contributed by atoms with E-state index in [1.165, 1.54) is 16.2 Å². The van der Waals surface area contributed by atoms with Crippen molar-refractivity contribution in [1.29, 1.82) is 0 Å². The van der Waals surface area contributed by atoms with Crippen molar-refractivity contribution >= 4 is 11.6 Å². The van der Waals surface area contributed by atoms with Crippen molar-refractivity contribution in [3.8, 4) is 0 Å². The van der Waals surface area contributed by atoms with E-state index < -0.39 is 0 Å². The van der Waals surface area contributed by atoms with Crippen LogP contribution in [-0.2, 0) is 4.79 Å². The fourth-order valence-corrected chi connectivity index (χ4v) is 2.90. The molecule has 20 heavy (non-hydrogen) atoms. The monoisotopic (exact) mass is 276 g/mol. The molecule has 1 atom stereocenters. The molecule has 0 saturated carbocycles. The van der Waals surface area contributed by atoms with Crippen LogP contribution in [0.2, 0.25) is 0 Å². The third-order valence-corrected chi connectivity index (χ3v) is 4.22. The summed E-state index contributed by atoms with van der Waals surface area (Å²) < 4.78 is 0. The average molecular weight is 276 g/mol. The second-order valence-corrected chi connectivity index (χ2v) is 5.55. The summed E-state index contributed by atoms with van der Waals surface area (Å²) in [7, 11) is 0. The standard InChI is InChI=1S/C16H25N3O/c1-4-17-16(20)14(3)18-9-11-19(12-10-18)15-8-6-5-7-13(15)2/h5-8,14H,4,9-12H2,1-3H3,(H,17,20)/p+1/t14-/m0/s1. The maximum absolute atomic E-state index is 11.9. The van der Waals surface area contributed by atoms with Crippen molar-refractivity contribution in [2.24, 2.45) is 0 Å². The summed E-state index contributed by atoms with van der Waals surface area (Å²) in [5.74, 6) is 0.173. The summed E-state index contributed by atoms with van der Waals surface area (Å²) in [6.07, 6.45) is 0. The van der Waals surface area contributed by atoms with Gasteiger partial charge in [-0.2, -0.15) is 0 Å². The highest BCUT2D eigenvalue weighted by Crippen LogP contribution is 2.18. The Morgan fingerprint density at radius 1 is 1.35 bits per heavy atom. The Balaban J connectivity index is 1.92. The minimum absolute atomic E-state index is 0.0500. The summed E-state index contributed by atoms with van der Waals surface area (Å²) >= 11 is 0. The molecule has 1 amide bonds. The number of para-hydroxylation sites is 1. The van der Waals surface area contributed by atoms with Crippen LogP contribution in [-0.4, -0.2) is 44.7 Å². The van der Waals surface area contributed by atoms with Crippen LogP contribution >= 0.6 is 0 Å². The average Bonchev–Trinajstić information content (AvgIpc) is 2.47. The van der Waals surface area contributed by atoms with Crippen LogP contribution in [0.5, 0.6) is 0 Å². The number of rotatable bonds is 4. The smallest absolute Gasteiger partial charge is 0.278 e. The Bertz CT molecular complexity index is 453. The Labute approximate surface area is 121 Å². The first-order valence-corrected chi connectivity index (χ1v) is 7.56. The Kier molecular flexibility index (Phi) is 5.01. The van der Waals surface area contributed by atoms with Gasteiger partial charge in [0.15, 0.2) is 6.04 Å². The van der Waals surface area contributed by atoms with Gasteiger partial charge in [0.1, 0.15) is 0 Å². The molecule has 1 aliphatic heterocycles. The predicted octanol–water partition coefficient (Wildman–Crippen LogP) is 0.225. The van der Waals surface area contributed by atoms with Crippen LogP contribution < -0.4 is 15.1 Å². The first-order valence-electron chi connectivity index (χ1n) is 7.56. The molecule has 110 valence electrons. The zero-order chi connectivity index (χ0) is 14.5. The van der Waals surface area contributed by atoms with E-state index >= 15 is 0 Å². The van der Waals surface area contributed by atoms with E-state index in [-0.39, 0.29) is 11.9 Å². The van der Waals surface area contributed by atoms with E-state index in [4.69, 9.17) is 0 Å². The van der Waals surface area contributed by atoms with E-state index in [0.29, 0.717) is 6.54 Å². The van der Waals surface area contributed by atoms with E-state index in [2.05, 4.69) is 41.4 Å². The number of nitrogens with one attached hydrogen (secondary N) is 2. The molecule has 1 heterocycles. The number of nitrogens with zero attached hydrogens (tertiary/aromatic N) is 1. The first-order chi connectivity index (χ1) is 9.63. The molecule has 2 N–H and O–H groups in total. The van der Waals surface area contributed by atoms with Gasteiger partial charge in [0, 0.05) is 12.2 Å². The number of hydrogen-bond donors (Lipinski definition) is 2. The number of carbonyl (C=O) groups excluding carboxylic acids is 1. The number of quaternary nitrogens is 1. The Hall–Kier alpha value is -1.55. The summed E-state index contributed by atoms with van der Waals surface area (Å²) in [6.45, 7) is 10.9. The highest BCUT2D eigenvalue weighted by Gasteiger charge is 2.29. The lowest BCUT2D eigenvalue weighted by Crippen LogP contribution is -3.19. The molecule has 4 nitrogen and oxygen atoms in total. The van der Waals surface area contributed by atoms with Crippen molar-refractivity contribution in [3.05, 3.63) is 29.8 Å². The fraction of sp³-hybridized carbons (Fsp3) is 0.562. The second-order valence-electron chi connectivity index (χ2n) is 5.55. The number of amides is 1. The van der Waals surface area contributed by atoms with Gasteiger partial charge in [-0.15, -0.1) is 0 Å². The number of piperazine rings is 1. The largest absolute Gasteiger partial charge is 0.360 e. The minimum Gasteiger partial charge on any atom is -0.360 e. The van der Waals surface area contributed by atoms with Crippen LogP contribution in [0.25, 0.3) is 0 Å². The van der Waals surface area contributed by atoms with Gasteiger partial charge in [-0.05, 0) is 32.4 Å². The molecule has 0 spiro atoms. The molecule has 2 rings (SSSR count). The molecular weight excluding hydrogens is 250 g/mol. The second kappa shape index (κ2) is 6.75. The summed E-state index contributed by atoms with van der Waals surface area (Å²) in [6, 6.07) is 8.57. The van der Waals surface area contributed by atoms with Gasteiger partial charge >= 0.3 is 0 Å². The molecule has 1 saturated heterocycles. The fourth-order valence-electron chi connectivity index (χ4n) is 2.90. The molecule has 1 aliphatic rings. The van der Waals surface area contributed by atoms with Crippen molar-refractivity contribution in [2.75, 3.05) is 37.6 Å². The molecule has 0 bridgehead atoms. The molecule has 0 aliphatic carbocycles. The molecular formula is C16H26N3O+. The molecule has 1 fully saturated rings. The summed E-state index contributed by atoms with van der Waals surface area (Å²) in [4.78, 5) is 15.7. The van der Waals surface area contributed by atoms with Gasteiger partial charge in [0.25, 0.3) is 5.91 Å². The zero-order valence-electron chi connectivity index (χ0n) is 12.8. The SMILES string of the molecule is CCNC(=O)[C@H](C)[NH+]1CCN(c2ccccc2C)CC1.